The van der Waals surface area contributed by atoms with E-state index < -0.39 is 0 Å². The number of rotatable bonds is 8. The highest BCUT2D eigenvalue weighted by molar-refractivity contribution is 5.45. The van der Waals surface area contributed by atoms with E-state index in [4.69, 9.17) is 4.74 Å². The van der Waals surface area contributed by atoms with Crippen molar-refractivity contribution in [2.24, 2.45) is 5.92 Å². The summed E-state index contributed by atoms with van der Waals surface area (Å²) in [6, 6.07) is 13.6. The average molecular weight is 407 g/mol. The molecule has 0 aromatic heterocycles. The van der Waals surface area contributed by atoms with Crippen molar-refractivity contribution in [1.82, 2.24) is 0 Å². The Labute approximate surface area is 182 Å². The lowest BCUT2D eigenvalue weighted by Gasteiger charge is -2.28. The smallest absolute Gasteiger partial charge is 0.166 e. The summed E-state index contributed by atoms with van der Waals surface area (Å²) in [7, 11) is 0. The van der Waals surface area contributed by atoms with Gasteiger partial charge in [-0.2, -0.15) is 0 Å². The maximum atomic E-state index is 14.2. The molecule has 3 rings (SSSR count). The van der Waals surface area contributed by atoms with Crippen molar-refractivity contribution < 1.29 is 9.13 Å². The SMILES string of the molecule is CCCCCOc1ccc(C#Cc2ccc(C3CCC(CCC)CC3)cc2)cc1F. The molecule has 1 aliphatic rings. The summed E-state index contributed by atoms with van der Waals surface area (Å²) in [6.07, 6.45) is 11.2. The van der Waals surface area contributed by atoms with Crippen molar-refractivity contribution >= 4 is 0 Å². The van der Waals surface area contributed by atoms with Crippen LogP contribution in [0.15, 0.2) is 42.5 Å². The first kappa shape index (κ1) is 22.4. The zero-order chi connectivity index (χ0) is 21.2. The van der Waals surface area contributed by atoms with Crippen molar-refractivity contribution in [3.05, 3.63) is 65.0 Å². The minimum atomic E-state index is -0.340. The normalized spacial score (nSPS) is 18.5. The summed E-state index contributed by atoms with van der Waals surface area (Å²) in [5.41, 5.74) is 3.08. The first-order valence-electron chi connectivity index (χ1n) is 11.7. The lowest BCUT2D eigenvalue weighted by atomic mass is 9.77. The Kier molecular flexibility index (Phi) is 8.81. The Hall–Kier alpha value is -2.27. The van der Waals surface area contributed by atoms with Gasteiger partial charge in [0.15, 0.2) is 11.6 Å². The molecule has 0 radical (unpaired) electrons. The molecule has 30 heavy (non-hydrogen) atoms. The van der Waals surface area contributed by atoms with E-state index >= 15 is 0 Å². The van der Waals surface area contributed by atoms with E-state index in [0.717, 1.165) is 30.7 Å². The molecule has 0 atom stereocenters. The van der Waals surface area contributed by atoms with Gasteiger partial charge in [-0.3, -0.25) is 0 Å². The Morgan fingerprint density at radius 1 is 0.867 bits per heavy atom. The van der Waals surface area contributed by atoms with Crippen LogP contribution >= 0.6 is 0 Å². The standard InChI is InChI=1S/C28H35FO/c1-3-5-6-20-30-28-19-14-24(21-27(28)29)9-8-23-12-17-26(18-13-23)25-15-10-22(7-4-2)11-16-25/h12-14,17-19,21-22,25H,3-7,10-11,15-16,20H2,1-2H3. The highest BCUT2D eigenvalue weighted by Crippen LogP contribution is 2.37. The summed E-state index contributed by atoms with van der Waals surface area (Å²) >= 11 is 0. The summed E-state index contributed by atoms with van der Waals surface area (Å²) in [4.78, 5) is 0. The predicted molar refractivity (Wildman–Crippen MR) is 123 cm³/mol. The summed E-state index contributed by atoms with van der Waals surface area (Å²) in [5, 5.41) is 0. The molecular weight excluding hydrogens is 371 g/mol. The first-order chi connectivity index (χ1) is 14.7. The van der Waals surface area contributed by atoms with Crippen LogP contribution in [-0.4, -0.2) is 6.61 Å². The molecular formula is C28H35FO. The van der Waals surface area contributed by atoms with Crippen molar-refractivity contribution in [2.45, 2.75) is 77.6 Å². The van der Waals surface area contributed by atoms with Gasteiger partial charge in [-0.05, 0) is 79.8 Å². The third-order valence-electron chi connectivity index (χ3n) is 6.21. The van der Waals surface area contributed by atoms with Gasteiger partial charge >= 0.3 is 0 Å². The van der Waals surface area contributed by atoms with Gasteiger partial charge in [0.2, 0.25) is 0 Å². The third-order valence-corrected chi connectivity index (χ3v) is 6.21. The minimum absolute atomic E-state index is 0.315. The number of hydrogen-bond acceptors (Lipinski definition) is 1. The molecule has 1 aliphatic carbocycles. The van der Waals surface area contributed by atoms with E-state index in [-0.39, 0.29) is 5.82 Å². The van der Waals surface area contributed by atoms with Gasteiger partial charge < -0.3 is 4.74 Å². The van der Waals surface area contributed by atoms with Crippen molar-refractivity contribution in [2.75, 3.05) is 6.61 Å². The van der Waals surface area contributed by atoms with Crippen molar-refractivity contribution in [3.63, 3.8) is 0 Å². The van der Waals surface area contributed by atoms with Crippen LogP contribution in [0.25, 0.3) is 0 Å². The molecule has 1 saturated carbocycles. The molecule has 2 heteroatoms. The molecule has 2 aromatic carbocycles. The summed E-state index contributed by atoms with van der Waals surface area (Å²) in [6.45, 7) is 4.99. The van der Waals surface area contributed by atoms with Crippen LogP contribution in [0.4, 0.5) is 4.39 Å². The molecule has 0 spiro atoms. The summed E-state index contributed by atoms with van der Waals surface area (Å²) < 4.78 is 19.8. The number of ether oxygens (including phenoxy) is 1. The number of benzene rings is 2. The molecule has 0 amide bonds. The second kappa shape index (κ2) is 11.8. The fraction of sp³-hybridized carbons (Fsp3) is 0.500. The van der Waals surface area contributed by atoms with Crippen LogP contribution in [0.2, 0.25) is 0 Å². The Bertz CT molecular complexity index is 835. The van der Waals surface area contributed by atoms with Gasteiger partial charge in [-0.15, -0.1) is 0 Å². The van der Waals surface area contributed by atoms with Gasteiger partial charge in [-0.1, -0.05) is 63.5 Å². The fourth-order valence-electron chi connectivity index (χ4n) is 4.41. The van der Waals surface area contributed by atoms with E-state index in [1.54, 1.807) is 6.07 Å². The molecule has 0 aliphatic heterocycles. The molecule has 0 heterocycles. The van der Waals surface area contributed by atoms with Crippen LogP contribution in [0.5, 0.6) is 5.75 Å². The molecule has 0 bridgehead atoms. The molecule has 160 valence electrons. The van der Waals surface area contributed by atoms with Crippen LogP contribution in [0.1, 0.15) is 94.2 Å². The van der Waals surface area contributed by atoms with Gasteiger partial charge in [0.1, 0.15) is 0 Å². The van der Waals surface area contributed by atoms with Crippen molar-refractivity contribution in [3.8, 4) is 17.6 Å². The van der Waals surface area contributed by atoms with Crippen LogP contribution < -0.4 is 4.74 Å². The maximum Gasteiger partial charge on any atom is 0.166 e. The minimum Gasteiger partial charge on any atom is -0.491 e. The van der Waals surface area contributed by atoms with Crippen molar-refractivity contribution in [1.29, 1.82) is 0 Å². The lowest BCUT2D eigenvalue weighted by molar-refractivity contribution is 0.291. The number of halogens is 1. The second-order valence-corrected chi connectivity index (χ2v) is 8.58. The van der Waals surface area contributed by atoms with Gasteiger partial charge in [-0.25, -0.2) is 4.39 Å². The zero-order valence-corrected chi connectivity index (χ0v) is 18.6. The van der Waals surface area contributed by atoms with E-state index in [1.807, 2.05) is 6.07 Å². The third kappa shape index (κ3) is 6.63. The van der Waals surface area contributed by atoms with E-state index in [9.17, 15) is 4.39 Å². The highest BCUT2D eigenvalue weighted by atomic mass is 19.1. The zero-order valence-electron chi connectivity index (χ0n) is 18.6. The summed E-state index contributed by atoms with van der Waals surface area (Å²) in [5.74, 6) is 7.85. The predicted octanol–water partition coefficient (Wildman–Crippen LogP) is 7.87. The fourth-order valence-corrected chi connectivity index (χ4v) is 4.41. The van der Waals surface area contributed by atoms with Crippen LogP contribution in [0, 0.1) is 23.6 Å². The van der Waals surface area contributed by atoms with E-state index in [0.29, 0.717) is 23.8 Å². The largest absolute Gasteiger partial charge is 0.491 e. The monoisotopic (exact) mass is 406 g/mol. The molecule has 0 N–H and O–H groups in total. The van der Waals surface area contributed by atoms with Crippen LogP contribution in [-0.2, 0) is 0 Å². The highest BCUT2D eigenvalue weighted by Gasteiger charge is 2.21. The molecule has 1 nitrogen and oxygen atoms in total. The molecule has 0 saturated heterocycles. The van der Waals surface area contributed by atoms with Gasteiger partial charge in [0.05, 0.1) is 6.61 Å². The Morgan fingerprint density at radius 2 is 1.57 bits per heavy atom. The Morgan fingerprint density at radius 3 is 2.23 bits per heavy atom. The molecule has 1 fully saturated rings. The molecule has 0 unspecified atom stereocenters. The van der Waals surface area contributed by atoms with Crippen LogP contribution in [0.3, 0.4) is 0 Å². The Balaban J connectivity index is 1.55. The topological polar surface area (TPSA) is 9.23 Å². The van der Waals surface area contributed by atoms with E-state index in [1.165, 1.54) is 50.2 Å². The van der Waals surface area contributed by atoms with E-state index in [2.05, 4.69) is 50.0 Å². The lowest BCUT2D eigenvalue weighted by Crippen LogP contribution is -2.13. The first-order valence-corrected chi connectivity index (χ1v) is 11.7. The van der Waals surface area contributed by atoms with Gasteiger partial charge in [0.25, 0.3) is 0 Å². The average Bonchev–Trinajstić information content (AvgIpc) is 2.77. The maximum absolute atomic E-state index is 14.2. The quantitative estimate of drug-likeness (QED) is 0.320. The number of unbranched alkanes of at least 4 members (excludes halogenated alkanes) is 2. The molecule has 2 aromatic rings. The van der Waals surface area contributed by atoms with Gasteiger partial charge in [0, 0.05) is 11.1 Å². The second-order valence-electron chi connectivity index (χ2n) is 8.58. The number of hydrogen-bond donors (Lipinski definition) is 0.